The maximum Gasteiger partial charge on any atom is 0.337 e. The molecule has 0 radical (unpaired) electrons. The summed E-state index contributed by atoms with van der Waals surface area (Å²) < 4.78 is 0. The molecule has 31 heavy (non-hydrogen) atoms. The molecule has 6 nitrogen and oxygen atoms in total. The van der Waals surface area contributed by atoms with Crippen LogP contribution in [0.2, 0.25) is 0 Å². The van der Waals surface area contributed by atoms with Gasteiger partial charge < -0.3 is 10.4 Å². The van der Waals surface area contributed by atoms with Crippen LogP contribution in [0.4, 0.5) is 11.4 Å². The number of rotatable bonds is 2. The highest BCUT2D eigenvalue weighted by atomic mass is 16.4. The van der Waals surface area contributed by atoms with Crippen molar-refractivity contribution in [2.75, 3.05) is 5.32 Å². The predicted molar refractivity (Wildman–Crippen MR) is 116 cm³/mol. The lowest BCUT2D eigenvalue weighted by Crippen LogP contribution is -2.15. The minimum atomic E-state index is -1.14. The normalized spacial score (nSPS) is 12.2. The van der Waals surface area contributed by atoms with E-state index in [-0.39, 0.29) is 23.5 Å². The predicted octanol–water partition coefficient (Wildman–Crippen LogP) is 4.12. The average molecular weight is 405 g/mol. The fraction of sp³-hybridized carbons (Fsp3) is 0.0400. The van der Waals surface area contributed by atoms with Gasteiger partial charge in [0.25, 0.3) is 0 Å². The number of amides is 1. The Morgan fingerprint density at radius 2 is 1.77 bits per heavy atom. The molecule has 1 heterocycles. The van der Waals surface area contributed by atoms with E-state index in [4.69, 9.17) is 5.26 Å². The number of aliphatic imine (C=N–C) groups is 1. The molecule has 0 saturated heterocycles. The lowest BCUT2D eigenvalue weighted by molar-refractivity contribution is -0.115. The van der Waals surface area contributed by atoms with Crippen molar-refractivity contribution in [3.8, 4) is 17.9 Å². The maximum atomic E-state index is 12.5. The minimum absolute atomic E-state index is 0.00298. The molecule has 0 bridgehead atoms. The number of hydrogen-bond acceptors (Lipinski definition) is 4. The van der Waals surface area contributed by atoms with E-state index in [2.05, 4.69) is 28.2 Å². The largest absolute Gasteiger partial charge is 0.478 e. The summed E-state index contributed by atoms with van der Waals surface area (Å²) in [5.41, 5.74) is 3.26. The summed E-state index contributed by atoms with van der Waals surface area (Å²) in [6, 6.07) is 21.0. The summed E-state index contributed by atoms with van der Waals surface area (Å²) in [4.78, 5) is 28.9. The summed E-state index contributed by atoms with van der Waals surface area (Å²) in [6.45, 7) is 0. The number of nitrogens with one attached hydrogen (secondary N) is 1. The SMILES string of the molecule is N#Cc1cccc(C2=Nc3cc(C(=O)O)c(C#Cc4ccccc4)cc3NC(=O)C2)c1. The fourth-order valence-corrected chi connectivity index (χ4v) is 3.19. The van der Waals surface area contributed by atoms with Gasteiger partial charge in [0.15, 0.2) is 0 Å². The monoisotopic (exact) mass is 405 g/mol. The third-order valence-electron chi connectivity index (χ3n) is 4.66. The molecule has 0 fully saturated rings. The molecule has 0 unspecified atom stereocenters. The van der Waals surface area contributed by atoms with Crippen molar-refractivity contribution in [1.29, 1.82) is 5.26 Å². The third-order valence-corrected chi connectivity index (χ3v) is 4.66. The van der Waals surface area contributed by atoms with E-state index in [1.807, 2.05) is 30.3 Å². The Labute approximate surface area is 178 Å². The Morgan fingerprint density at radius 3 is 2.52 bits per heavy atom. The maximum absolute atomic E-state index is 12.5. The van der Waals surface area contributed by atoms with Crippen LogP contribution in [0.1, 0.15) is 39.0 Å². The highest BCUT2D eigenvalue weighted by Gasteiger charge is 2.21. The van der Waals surface area contributed by atoms with Gasteiger partial charge in [-0.05, 0) is 42.0 Å². The zero-order valence-corrected chi connectivity index (χ0v) is 16.2. The van der Waals surface area contributed by atoms with Gasteiger partial charge in [0.1, 0.15) is 0 Å². The molecule has 0 saturated carbocycles. The molecule has 0 aliphatic carbocycles. The van der Waals surface area contributed by atoms with E-state index in [9.17, 15) is 14.7 Å². The summed E-state index contributed by atoms with van der Waals surface area (Å²) in [5, 5.41) is 21.6. The lowest BCUT2D eigenvalue weighted by Gasteiger charge is -2.08. The molecule has 6 heteroatoms. The third kappa shape index (κ3) is 4.34. The molecule has 0 spiro atoms. The zero-order valence-electron chi connectivity index (χ0n) is 16.2. The second-order valence-electron chi connectivity index (χ2n) is 6.81. The minimum Gasteiger partial charge on any atom is -0.478 e. The second-order valence-corrected chi connectivity index (χ2v) is 6.81. The van der Waals surface area contributed by atoms with E-state index in [1.54, 1.807) is 24.3 Å². The number of fused-ring (bicyclic) bond motifs is 1. The summed E-state index contributed by atoms with van der Waals surface area (Å²) in [5.74, 6) is 4.41. The molecule has 4 rings (SSSR count). The van der Waals surface area contributed by atoms with Crippen LogP contribution in [0.5, 0.6) is 0 Å². The number of carbonyl (C=O) groups excluding carboxylic acids is 1. The van der Waals surface area contributed by atoms with Crippen LogP contribution >= 0.6 is 0 Å². The zero-order chi connectivity index (χ0) is 21.8. The van der Waals surface area contributed by atoms with Crippen LogP contribution < -0.4 is 5.32 Å². The highest BCUT2D eigenvalue weighted by molar-refractivity contribution is 6.17. The molecule has 0 aromatic heterocycles. The quantitative estimate of drug-likeness (QED) is 0.626. The molecule has 148 valence electrons. The first-order valence-corrected chi connectivity index (χ1v) is 9.40. The van der Waals surface area contributed by atoms with Gasteiger partial charge in [0.2, 0.25) is 5.91 Å². The van der Waals surface area contributed by atoms with Gasteiger partial charge in [-0.15, -0.1) is 0 Å². The van der Waals surface area contributed by atoms with Crippen LogP contribution in [0, 0.1) is 23.2 Å². The van der Waals surface area contributed by atoms with Gasteiger partial charge in [0.05, 0.1) is 40.7 Å². The van der Waals surface area contributed by atoms with E-state index < -0.39 is 5.97 Å². The molecule has 2 N–H and O–H groups in total. The number of carbonyl (C=O) groups is 2. The molecule has 1 amide bonds. The van der Waals surface area contributed by atoms with Crippen molar-refractivity contribution in [3.05, 3.63) is 94.5 Å². The van der Waals surface area contributed by atoms with Crippen molar-refractivity contribution in [2.45, 2.75) is 6.42 Å². The molecular formula is C25H15N3O3. The number of carboxylic acids is 1. The number of nitriles is 1. The fourth-order valence-electron chi connectivity index (χ4n) is 3.19. The Hall–Kier alpha value is -4.68. The van der Waals surface area contributed by atoms with Crippen molar-refractivity contribution in [1.82, 2.24) is 0 Å². The molecule has 1 aliphatic heterocycles. The summed E-state index contributed by atoms with van der Waals surface area (Å²) >= 11 is 0. The Balaban J connectivity index is 1.83. The average Bonchev–Trinajstić information content (AvgIpc) is 2.95. The molecule has 3 aromatic carbocycles. The van der Waals surface area contributed by atoms with Gasteiger partial charge in [0, 0.05) is 11.1 Å². The van der Waals surface area contributed by atoms with Gasteiger partial charge in [-0.2, -0.15) is 5.26 Å². The molecule has 1 aliphatic rings. The van der Waals surface area contributed by atoms with E-state index in [1.165, 1.54) is 12.1 Å². The standard InChI is InChI=1S/C25H15N3O3/c26-15-17-7-4-8-19(11-17)21-14-24(29)28-22-12-18(10-9-16-5-2-1-3-6-16)20(25(30)31)13-23(22)27-21/h1-8,11-13H,14H2,(H,28,29)(H,30,31). The topological polar surface area (TPSA) is 103 Å². The molecule has 0 atom stereocenters. The molecular weight excluding hydrogens is 390 g/mol. The number of anilines is 1. The highest BCUT2D eigenvalue weighted by Crippen LogP contribution is 2.32. The first kappa shape index (κ1) is 19.6. The van der Waals surface area contributed by atoms with Crippen molar-refractivity contribution in [3.63, 3.8) is 0 Å². The number of benzene rings is 3. The van der Waals surface area contributed by atoms with Crippen LogP contribution in [-0.4, -0.2) is 22.7 Å². The number of carboxylic acid groups (broad SMARTS) is 1. The smallest absolute Gasteiger partial charge is 0.337 e. The second kappa shape index (κ2) is 8.36. The lowest BCUT2D eigenvalue weighted by atomic mass is 10.0. The summed E-state index contributed by atoms with van der Waals surface area (Å²) in [7, 11) is 0. The van der Waals surface area contributed by atoms with Crippen LogP contribution in [0.25, 0.3) is 0 Å². The Kier molecular flexibility index (Phi) is 5.29. The van der Waals surface area contributed by atoms with Crippen molar-refractivity contribution < 1.29 is 14.7 Å². The number of aromatic carboxylic acids is 1. The molecule has 3 aromatic rings. The van der Waals surface area contributed by atoms with Crippen molar-refractivity contribution in [2.24, 2.45) is 4.99 Å². The number of hydrogen-bond donors (Lipinski definition) is 2. The summed E-state index contributed by atoms with van der Waals surface area (Å²) in [6.07, 6.45) is -0.00298. The van der Waals surface area contributed by atoms with Gasteiger partial charge in [-0.25, -0.2) is 4.79 Å². The van der Waals surface area contributed by atoms with Crippen LogP contribution in [0.3, 0.4) is 0 Å². The van der Waals surface area contributed by atoms with Gasteiger partial charge in [-0.1, -0.05) is 42.2 Å². The van der Waals surface area contributed by atoms with Gasteiger partial charge in [-0.3, -0.25) is 9.79 Å². The van der Waals surface area contributed by atoms with Gasteiger partial charge >= 0.3 is 5.97 Å². The van der Waals surface area contributed by atoms with Crippen LogP contribution in [-0.2, 0) is 4.79 Å². The Bertz CT molecular complexity index is 1340. The van der Waals surface area contributed by atoms with E-state index in [0.29, 0.717) is 28.2 Å². The van der Waals surface area contributed by atoms with Crippen LogP contribution in [0.15, 0.2) is 71.7 Å². The first-order valence-electron chi connectivity index (χ1n) is 9.40. The Morgan fingerprint density at radius 1 is 1.00 bits per heavy atom. The van der Waals surface area contributed by atoms with E-state index in [0.717, 1.165) is 5.56 Å². The van der Waals surface area contributed by atoms with E-state index >= 15 is 0 Å². The first-order chi connectivity index (χ1) is 15.0. The number of nitrogens with zero attached hydrogens (tertiary/aromatic N) is 2. The van der Waals surface area contributed by atoms with Crippen molar-refractivity contribution >= 4 is 29.0 Å².